The number of pyridine rings is 1. The van der Waals surface area contributed by atoms with Gasteiger partial charge >= 0.3 is 0 Å². The summed E-state index contributed by atoms with van der Waals surface area (Å²) in [6, 6.07) is 10.5. The van der Waals surface area contributed by atoms with E-state index in [-0.39, 0.29) is 11.8 Å². The zero-order valence-electron chi connectivity index (χ0n) is 12.9. The van der Waals surface area contributed by atoms with E-state index in [4.69, 9.17) is 0 Å². The molecule has 0 bridgehead atoms. The van der Waals surface area contributed by atoms with Crippen molar-refractivity contribution in [2.24, 2.45) is 5.41 Å². The Morgan fingerprint density at radius 2 is 1.59 bits per heavy atom. The number of nitrogens with zero attached hydrogens (tertiary/aromatic N) is 1. The Hall–Kier alpha value is -2.69. The number of rotatable bonds is 3. The molecule has 1 aromatic carbocycles. The average molecular weight is 297 g/mol. The van der Waals surface area contributed by atoms with Gasteiger partial charge in [0.25, 0.3) is 5.91 Å². The van der Waals surface area contributed by atoms with E-state index in [1.54, 1.807) is 42.6 Å². The van der Waals surface area contributed by atoms with Crippen molar-refractivity contribution in [2.45, 2.75) is 20.8 Å². The Kier molecular flexibility index (Phi) is 4.56. The Bertz CT molecular complexity index is 676. The number of amides is 2. The number of hydrogen-bond donors (Lipinski definition) is 2. The van der Waals surface area contributed by atoms with Crippen LogP contribution in [0.15, 0.2) is 48.8 Å². The van der Waals surface area contributed by atoms with E-state index < -0.39 is 5.41 Å². The Labute approximate surface area is 129 Å². The third-order valence-electron chi connectivity index (χ3n) is 3.03. The van der Waals surface area contributed by atoms with Crippen LogP contribution in [0.4, 0.5) is 11.4 Å². The van der Waals surface area contributed by atoms with E-state index in [9.17, 15) is 9.59 Å². The lowest BCUT2D eigenvalue weighted by molar-refractivity contribution is -0.123. The minimum Gasteiger partial charge on any atom is -0.324 e. The molecule has 0 aliphatic heterocycles. The van der Waals surface area contributed by atoms with Crippen LogP contribution in [0.25, 0.3) is 0 Å². The maximum Gasteiger partial charge on any atom is 0.257 e. The summed E-state index contributed by atoms with van der Waals surface area (Å²) in [5, 5.41) is 5.63. The molecule has 2 N–H and O–H groups in total. The summed E-state index contributed by atoms with van der Waals surface area (Å²) in [5.41, 5.74) is 1.06. The van der Waals surface area contributed by atoms with Gasteiger partial charge in [0.1, 0.15) is 0 Å². The fraction of sp³-hybridized carbons (Fsp3) is 0.235. The number of nitrogens with one attached hydrogen (secondary N) is 2. The predicted octanol–water partition coefficient (Wildman–Crippen LogP) is 3.32. The topological polar surface area (TPSA) is 71.1 Å². The van der Waals surface area contributed by atoms with Crippen molar-refractivity contribution in [1.82, 2.24) is 4.98 Å². The van der Waals surface area contributed by atoms with Crippen LogP contribution in [0, 0.1) is 5.41 Å². The van der Waals surface area contributed by atoms with Crippen molar-refractivity contribution < 1.29 is 9.59 Å². The normalized spacial score (nSPS) is 10.9. The van der Waals surface area contributed by atoms with Crippen LogP contribution in [-0.4, -0.2) is 16.8 Å². The number of carbonyl (C=O) groups excluding carboxylic acids is 2. The quantitative estimate of drug-likeness (QED) is 0.913. The van der Waals surface area contributed by atoms with Crippen molar-refractivity contribution in [3.8, 4) is 0 Å². The van der Waals surface area contributed by atoms with Gasteiger partial charge in [-0.1, -0.05) is 32.9 Å². The minimum atomic E-state index is -0.513. The van der Waals surface area contributed by atoms with E-state index in [0.717, 1.165) is 0 Å². The first kappa shape index (κ1) is 15.7. The van der Waals surface area contributed by atoms with Gasteiger partial charge in [-0.3, -0.25) is 14.6 Å². The molecule has 0 aliphatic rings. The molecular weight excluding hydrogens is 278 g/mol. The van der Waals surface area contributed by atoms with Crippen LogP contribution in [0.2, 0.25) is 0 Å². The average Bonchev–Trinajstić information content (AvgIpc) is 2.49. The number of aromatic nitrogens is 1. The molecule has 0 saturated carbocycles. The highest BCUT2D eigenvalue weighted by Gasteiger charge is 2.22. The second-order valence-electron chi connectivity index (χ2n) is 5.95. The van der Waals surface area contributed by atoms with Gasteiger partial charge in [-0.15, -0.1) is 0 Å². The first-order chi connectivity index (χ1) is 10.4. The molecular formula is C17H19N3O2. The molecule has 0 unspecified atom stereocenters. The van der Waals surface area contributed by atoms with Gasteiger partial charge in [-0.25, -0.2) is 0 Å². The molecule has 0 fully saturated rings. The molecule has 5 nitrogen and oxygen atoms in total. The molecule has 0 radical (unpaired) electrons. The smallest absolute Gasteiger partial charge is 0.257 e. The monoisotopic (exact) mass is 297 g/mol. The summed E-state index contributed by atoms with van der Waals surface area (Å²) >= 11 is 0. The summed E-state index contributed by atoms with van der Waals surface area (Å²) in [6.07, 6.45) is 3.10. The molecule has 2 rings (SSSR count). The lowest BCUT2D eigenvalue weighted by Gasteiger charge is -2.19. The van der Waals surface area contributed by atoms with Gasteiger partial charge in [0.2, 0.25) is 5.91 Å². The highest BCUT2D eigenvalue weighted by molar-refractivity contribution is 6.07. The van der Waals surface area contributed by atoms with Gasteiger partial charge in [0.15, 0.2) is 0 Å². The highest BCUT2D eigenvalue weighted by Crippen LogP contribution is 2.24. The Balaban J connectivity index is 2.19. The zero-order valence-corrected chi connectivity index (χ0v) is 12.9. The van der Waals surface area contributed by atoms with Crippen molar-refractivity contribution in [3.63, 3.8) is 0 Å². The molecule has 0 atom stereocenters. The second kappa shape index (κ2) is 6.39. The molecule has 1 heterocycles. The van der Waals surface area contributed by atoms with Crippen LogP contribution in [0.1, 0.15) is 31.1 Å². The zero-order chi connectivity index (χ0) is 16.2. The van der Waals surface area contributed by atoms with E-state index in [0.29, 0.717) is 16.9 Å². The lowest BCUT2D eigenvalue weighted by Crippen LogP contribution is -2.28. The molecule has 22 heavy (non-hydrogen) atoms. The number of hydrogen-bond acceptors (Lipinski definition) is 3. The summed E-state index contributed by atoms with van der Waals surface area (Å²) in [4.78, 5) is 28.2. The van der Waals surface area contributed by atoms with Gasteiger partial charge in [-0.2, -0.15) is 0 Å². The highest BCUT2D eigenvalue weighted by atomic mass is 16.2. The molecule has 0 saturated heterocycles. The molecule has 114 valence electrons. The number of carbonyl (C=O) groups is 2. The van der Waals surface area contributed by atoms with Crippen LogP contribution in [-0.2, 0) is 4.79 Å². The number of anilines is 2. The van der Waals surface area contributed by atoms with Gasteiger partial charge in [0.05, 0.1) is 16.9 Å². The minimum absolute atomic E-state index is 0.115. The lowest BCUT2D eigenvalue weighted by atomic mass is 9.95. The van der Waals surface area contributed by atoms with E-state index in [1.807, 2.05) is 20.8 Å². The van der Waals surface area contributed by atoms with E-state index in [1.165, 1.54) is 6.20 Å². The van der Waals surface area contributed by atoms with Gasteiger partial charge in [-0.05, 0) is 24.3 Å². The first-order valence-corrected chi connectivity index (χ1v) is 7.00. The summed E-state index contributed by atoms with van der Waals surface area (Å²) in [5.74, 6) is -0.388. The molecule has 2 amide bonds. The Morgan fingerprint density at radius 1 is 0.955 bits per heavy atom. The molecule has 1 aromatic heterocycles. The van der Waals surface area contributed by atoms with Gasteiger partial charge in [0, 0.05) is 17.8 Å². The summed E-state index contributed by atoms with van der Waals surface area (Å²) < 4.78 is 0. The Morgan fingerprint density at radius 3 is 2.14 bits per heavy atom. The fourth-order valence-electron chi connectivity index (χ4n) is 1.70. The summed E-state index contributed by atoms with van der Waals surface area (Å²) in [6.45, 7) is 5.50. The molecule has 2 aromatic rings. The van der Waals surface area contributed by atoms with Crippen molar-refractivity contribution in [1.29, 1.82) is 0 Å². The van der Waals surface area contributed by atoms with Crippen molar-refractivity contribution in [3.05, 3.63) is 54.4 Å². The fourth-order valence-corrected chi connectivity index (χ4v) is 1.70. The number of para-hydroxylation sites is 2. The third-order valence-corrected chi connectivity index (χ3v) is 3.03. The predicted molar refractivity (Wildman–Crippen MR) is 86.7 cm³/mol. The second-order valence-corrected chi connectivity index (χ2v) is 5.95. The standard InChI is InChI=1S/C17H19N3O2/c1-17(2,3)16(22)20-14-9-5-4-8-13(14)19-15(21)12-7-6-10-18-11-12/h4-11H,1-3H3,(H,19,21)(H,20,22). The van der Waals surface area contributed by atoms with Crippen LogP contribution >= 0.6 is 0 Å². The molecule has 5 heteroatoms. The largest absolute Gasteiger partial charge is 0.324 e. The molecule has 0 aliphatic carbocycles. The SMILES string of the molecule is CC(C)(C)C(=O)Nc1ccccc1NC(=O)c1cccnc1. The summed E-state index contributed by atoms with van der Waals surface area (Å²) in [7, 11) is 0. The first-order valence-electron chi connectivity index (χ1n) is 7.00. The molecule has 0 spiro atoms. The van der Waals surface area contributed by atoms with Crippen LogP contribution in [0.3, 0.4) is 0 Å². The van der Waals surface area contributed by atoms with Crippen LogP contribution < -0.4 is 10.6 Å². The maximum atomic E-state index is 12.2. The van der Waals surface area contributed by atoms with E-state index >= 15 is 0 Å². The van der Waals surface area contributed by atoms with Gasteiger partial charge < -0.3 is 10.6 Å². The number of benzene rings is 1. The van der Waals surface area contributed by atoms with Crippen LogP contribution in [0.5, 0.6) is 0 Å². The van der Waals surface area contributed by atoms with Crippen molar-refractivity contribution in [2.75, 3.05) is 10.6 Å². The third kappa shape index (κ3) is 3.91. The van der Waals surface area contributed by atoms with E-state index in [2.05, 4.69) is 15.6 Å². The maximum absolute atomic E-state index is 12.2. The van der Waals surface area contributed by atoms with Crippen molar-refractivity contribution >= 4 is 23.2 Å².